The lowest BCUT2D eigenvalue weighted by Crippen LogP contribution is -2.40. The molecule has 1 N–H and O–H groups in total. The fourth-order valence-electron chi connectivity index (χ4n) is 2.29. The minimum absolute atomic E-state index is 0. The van der Waals surface area contributed by atoms with Crippen molar-refractivity contribution < 1.29 is 9.53 Å². The first-order valence-electron chi connectivity index (χ1n) is 6.98. The second-order valence-electron chi connectivity index (χ2n) is 4.79. The molecule has 1 aliphatic heterocycles. The van der Waals surface area contributed by atoms with E-state index in [0.717, 1.165) is 31.7 Å². The van der Waals surface area contributed by atoms with Crippen molar-refractivity contribution in [1.29, 1.82) is 0 Å². The summed E-state index contributed by atoms with van der Waals surface area (Å²) in [5, 5.41) is 3.15. The maximum atomic E-state index is 12.1. The van der Waals surface area contributed by atoms with Crippen LogP contribution in [0.4, 0.5) is 5.69 Å². The number of para-hydroxylation sites is 1. The number of rotatable bonds is 6. The van der Waals surface area contributed by atoms with E-state index in [9.17, 15) is 4.79 Å². The predicted molar refractivity (Wildman–Crippen MR) is 83.4 cm³/mol. The Morgan fingerprint density at radius 2 is 2.15 bits per heavy atom. The zero-order valence-electron chi connectivity index (χ0n) is 11.9. The molecule has 0 aromatic heterocycles. The lowest BCUT2D eigenvalue weighted by Gasteiger charge is -2.24. The highest BCUT2D eigenvalue weighted by molar-refractivity contribution is 5.85. The summed E-state index contributed by atoms with van der Waals surface area (Å²) in [6.07, 6.45) is 2.40. The van der Waals surface area contributed by atoms with Crippen molar-refractivity contribution in [3.05, 3.63) is 30.3 Å². The summed E-state index contributed by atoms with van der Waals surface area (Å²) < 4.78 is 5.58. The number of benzene rings is 1. The highest BCUT2D eigenvalue weighted by atomic mass is 35.5. The van der Waals surface area contributed by atoms with Gasteiger partial charge in [-0.2, -0.15) is 0 Å². The van der Waals surface area contributed by atoms with E-state index in [2.05, 4.69) is 5.32 Å². The number of anilines is 1. The normalized spacial score (nSPS) is 17.4. The minimum atomic E-state index is 0. The molecule has 1 aromatic carbocycles. The highest BCUT2D eigenvalue weighted by Crippen LogP contribution is 2.13. The summed E-state index contributed by atoms with van der Waals surface area (Å²) in [6.45, 7) is 4.62. The molecule has 5 heteroatoms. The van der Waals surface area contributed by atoms with E-state index < -0.39 is 0 Å². The van der Waals surface area contributed by atoms with Gasteiger partial charge in [-0.15, -0.1) is 12.4 Å². The number of carbonyl (C=O) groups is 1. The maximum Gasteiger partial charge on any atom is 0.241 e. The largest absolute Gasteiger partial charge is 0.376 e. The molecule has 1 aromatic rings. The van der Waals surface area contributed by atoms with Crippen LogP contribution < -0.4 is 5.32 Å². The Morgan fingerprint density at radius 1 is 1.40 bits per heavy atom. The third-order valence-electron chi connectivity index (χ3n) is 3.40. The van der Waals surface area contributed by atoms with E-state index in [0.29, 0.717) is 13.1 Å². The number of hydrogen-bond acceptors (Lipinski definition) is 3. The van der Waals surface area contributed by atoms with Gasteiger partial charge in [0.1, 0.15) is 0 Å². The number of hydrogen-bond donors (Lipinski definition) is 1. The molecule has 112 valence electrons. The van der Waals surface area contributed by atoms with Crippen LogP contribution in [-0.4, -0.2) is 43.2 Å². The molecule has 1 fully saturated rings. The van der Waals surface area contributed by atoms with Crippen molar-refractivity contribution in [2.75, 3.05) is 31.6 Å². The molecule has 0 aliphatic carbocycles. The van der Waals surface area contributed by atoms with Crippen molar-refractivity contribution in [2.24, 2.45) is 0 Å². The number of nitrogens with zero attached hydrogens (tertiary/aromatic N) is 1. The van der Waals surface area contributed by atoms with Crippen LogP contribution in [-0.2, 0) is 9.53 Å². The van der Waals surface area contributed by atoms with Crippen molar-refractivity contribution in [3.8, 4) is 0 Å². The Kier molecular flexibility index (Phi) is 7.41. The first-order chi connectivity index (χ1) is 9.29. The van der Waals surface area contributed by atoms with Gasteiger partial charge in [0, 0.05) is 25.4 Å². The van der Waals surface area contributed by atoms with Crippen LogP contribution in [0.5, 0.6) is 0 Å². The molecule has 0 saturated carbocycles. The standard InChI is InChI=1S/C15H22N2O2.ClH/c1-2-17(12-14-9-6-10-19-14)15(18)11-16-13-7-4-3-5-8-13;/h3-5,7-8,14,16H,2,6,9-12H2,1H3;1H. The SMILES string of the molecule is CCN(CC1CCCO1)C(=O)CNc1ccccc1.Cl. The number of amides is 1. The van der Waals surface area contributed by atoms with Crippen LogP contribution in [0.1, 0.15) is 19.8 Å². The molecular weight excluding hydrogens is 276 g/mol. The van der Waals surface area contributed by atoms with E-state index in [1.54, 1.807) is 0 Å². The van der Waals surface area contributed by atoms with Crippen LogP contribution in [0.15, 0.2) is 30.3 Å². The zero-order valence-corrected chi connectivity index (χ0v) is 12.7. The molecule has 4 nitrogen and oxygen atoms in total. The van der Waals surface area contributed by atoms with Gasteiger partial charge in [0.25, 0.3) is 0 Å². The lowest BCUT2D eigenvalue weighted by atomic mass is 10.2. The molecule has 0 radical (unpaired) electrons. The van der Waals surface area contributed by atoms with Gasteiger partial charge in [-0.3, -0.25) is 4.79 Å². The van der Waals surface area contributed by atoms with Crippen molar-refractivity contribution in [3.63, 3.8) is 0 Å². The average molecular weight is 299 g/mol. The third-order valence-corrected chi connectivity index (χ3v) is 3.40. The Labute approximate surface area is 126 Å². The van der Waals surface area contributed by atoms with Gasteiger partial charge in [0.05, 0.1) is 12.6 Å². The summed E-state index contributed by atoms with van der Waals surface area (Å²) in [7, 11) is 0. The van der Waals surface area contributed by atoms with Gasteiger partial charge in [-0.25, -0.2) is 0 Å². The molecule has 1 saturated heterocycles. The van der Waals surface area contributed by atoms with Crippen LogP contribution in [0.2, 0.25) is 0 Å². The van der Waals surface area contributed by atoms with Crippen molar-refractivity contribution >= 4 is 24.0 Å². The zero-order chi connectivity index (χ0) is 13.5. The van der Waals surface area contributed by atoms with Crippen LogP contribution in [0.25, 0.3) is 0 Å². The second kappa shape index (κ2) is 8.82. The number of nitrogens with one attached hydrogen (secondary N) is 1. The Morgan fingerprint density at radius 3 is 2.75 bits per heavy atom. The average Bonchev–Trinajstić information content (AvgIpc) is 2.96. The number of likely N-dealkylation sites (N-methyl/N-ethyl adjacent to an activating group) is 1. The van der Waals surface area contributed by atoms with E-state index in [1.807, 2.05) is 42.2 Å². The van der Waals surface area contributed by atoms with Gasteiger partial charge in [0.2, 0.25) is 5.91 Å². The van der Waals surface area contributed by atoms with Crippen LogP contribution in [0.3, 0.4) is 0 Å². The molecular formula is C15H23ClN2O2. The summed E-state index contributed by atoms with van der Waals surface area (Å²) in [5.74, 6) is 0.127. The Balaban J connectivity index is 0.00000200. The topological polar surface area (TPSA) is 41.6 Å². The summed E-state index contributed by atoms with van der Waals surface area (Å²) in [4.78, 5) is 14.0. The van der Waals surface area contributed by atoms with Gasteiger partial charge in [0.15, 0.2) is 0 Å². The lowest BCUT2D eigenvalue weighted by molar-refractivity contribution is -0.130. The van der Waals surface area contributed by atoms with E-state index in [1.165, 1.54) is 0 Å². The molecule has 0 bridgehead atoms. The molecule has 1 aliphatic rings. The Hall–Kier alpha value is -1.26. The molecule has 20 heavy (non-hydrogen) atoms. The smallest absolute Gasteiger partial charge is 0.241 e. The Bertz CT molecular complexity index is 394. The molecule has 1 amide bonds. The van der Waals surface area contributed by atoms with Crippen LogP contribution in [0, 0.1) is 0 Å². The fourth-order valence-corrected chi connectivity index (χ4v) is 2.29. The minimum Gasteiger partial charge on any atom is -0.376 e. The van der Waals surface area contributed by atoms with Crippen molar-refractivity contribution in [2.45, 2.75) is 25.9 Å². The van der Waals surface area contributed by atoms with Gasteiger partial charge in [-0.1, -0.05) is 18.2 Å². The fraction of sp³-hybridized carbons (Fsp3) is 0.533. The molecule has 1 atom stereocenters. The van der Waals surface area contributed by atoms with Gasteiger partial charge >= 0.3 is 0 Å². The molecule has 2 rings (SSSR count). The highest BCUT2D eigenvalue weighted by Gasteiger charge is 2.21. The monoisotopic (exact) mass is 298 g/mol. The quantitative estimate of drug-likeness (QED) is 0.877. The molecule has 1 heterocycles. The number of carbonyl (C=O) groups excluding carboxylic acids is 1. The number of halogens is 1. The molecule has 1 unspecified atom stereocenters. The summed E-state index contributed by atoms with van der Waals surface area (Å²) in [6, 6.07) is 9.80. The first kappa shape index (κ1) is 16.8. The van der Waals surface area contributed by atoms with Gasteiger partial charge in [-0.05, 0) is 31.9 Å². The first-order valence-corrected chi connectivity index (χ1v) is 6.98. The predicted octanol–water partition coefficient (Wildman–Crippen LogP) is 2.55. The molecule has 0 spiro atoms. The van der Waals surface area contributed by atoms with E-state index in [4.69, 9.17) is 4.74 Å². The maximum absolute atomic E-state index is 12.1. The van der Waals surface area contributed by atoms with E-state index >= 15 is 0 Å². The van der Waals surface area contributed by atoms with Crippen LogP contribution >= 0.6 is 12.4 Å². The number of ether oxygens (including phenoxy) is 1. The summed E-state index contributed by atoms with van der Waals surface area (Å²) >= 11 is 0. The van der Waals surface area contributed by atoms with E-state index in [-0.39, 0.29) is 24.4 Å². The third kappa shape index (κ3) is 5.02. The van der Waals surface area contributed by atoms with Crippen molar-refractivity contribution in [1.82, 2.24) is 4.90 Å². The van der Waals surface area contributed by atoms with Gasteiger partial charge < -0.3 is 15.0 Å². The second-order valence-corrected chi connectivity index (χ2v) is 4.79. The summed E-state index contributed by atoms with van der Waals surface area (Å²) in [5.41, 5.74) is 0.976.